The van der Waals surface area contributed by atoms with Crippen molar-refractivity contribution in [2.45, 2.75) is 25.9 Å². The molecular formula is C15H18ClNO3. The molecule has 4 nitrogen and oxygen atoms in total. The van der Waals surface area contributed by atoms with E-state index in [1.165, 1.54) is 6.07 Å². The van der Waals surface area contributed by atoms with Crippen molar-refractivity contribution < 1.29 is 9.15 Å². The monoisotopic (exact) mass is 295 g/mol. The van der Waals surface area contributed by atoms with Crippen LogP contribution in [0.4, 0.5) is 0 Å². The van der Waals surface area contributed by atoms with Crippen LogP contribution in [0, 0.1) is 6.92 Å². The number of rotatable bonds is 2. The summed E-state index contributed by atoms with van der Waals surface area (Å²) >= 11 is 0. The summed E-state index contributed by atoms with van der Waals surface area (Å²) in [6.07, 6.45) is 2.27. The second-order valence-electron chi connectivity index (χ2n) is 4.95. The van der Waals surface area contributed by atoms with Gasteiger partial charge in [0.05, 0.1) is 5.39 Å². The van der Waals surface area contributed by atoms with E-state index in [0.717, 1.165) is 31.7 Å². The molecule has 0 spiro atoms. The van der Waals surface area contributed by atoms with Gasteiger partial charge in [-0.25, -0.2) is 0 Å². The lowest BCUT2D eigenvalue weighted by atomic mass is 10.1. The van der Waals surface area contributed by atoms with Crippen molar-refractivity contribution in [2.75, 3.05) is 13.1 Å². The van der Waals surface area contributed by atoms with Gasteiger partial charge in [-0.2, -0.15) is 0 Å². The number of halogens is 1. The number of hydrogen-bond donors (Lipinski definition) is 1. The normalized spacial score (nSPS) is 15.8. The van der Waals surface area contributed by atoms with Crippen LogP contribution in [0.5, 0.6) is 5.75 Å². The van der Waals surface area contributed by atoms with E-state index in [4.69, 9.17) is 9.15 Å². The number of fused-ring (bicyclic) bond motifs is 1. The third-order valence-corrected chi connectivity index (χ3v) is 3.41. The van der Waals surface area contributed by atoms with Crippen molar-refractivity contribution in [1.29, 1.82) is 0 Å². The smallest absolute Gasteiger partial charge is 0.192 e. The Balaban J connectivity index is 0.00000147. The first kappa shape index (κ1) is 14.9. The largest absolute Gasteiger partial charge is 0.490 e. The highest BCUT2D eigenvalue weighted by Gasteiger charge is 2.15. The summed E-state index contributed by atoms with van der Waals surface area (Å²) in [5, 5.41) is 3.91. The SMILES string of the molecule is Cc1cc(=O)c2ccc(OC3CCNCC3)cc2o1.Cl. The zero-order valence-electron chi connectivity index (χ0n) is 11.3. The summed E-state index contributed by atoms with van der Waals surface area (Å²) in [6.45, 7) is 3.76. The zero-order valence-corrected chi connectivity index (χ0v) is 12.2. The minimum Gasteiger partial charge on any atom is -0.490 e. The first-order valence-electron chi connectivity index (χ1n) is 6.64. The summed E-state index contributed by atoms with van der Waals surface area (Å²) in [4.78, 5) is 11.8. The molecule has 1 aromatic carbocycles. The van der Waals surface area contributed by atoms with E-state index in [-0.39, 0.29) is 23.9 Å². The molecule has 1 fully saturated rings. The first-order valence-corrected chi connectivity index (χ1v) is 6.64. The Morgan fingerprint density at radius 3 is 2.75 bits per heavy atom. The molecule has 0 radical (unpaired) electrons. The predicted octanol–water partition coefficient (Wildman–Crippen LogP) is 2.65. The summed E-state index contributed by atoms with van der Waals surface area (Å²) in [5.41, 5.74) is 0.587. The Morgan fingerprint density at radius 2 is 2.00 bits per heavy atom. The van der Waals surface area contributed by atoms with Crippen LogP contribution in [0.25, 0.3) is 11.0 Å². The lowest BCUT2D eigenvalue weighted by molar-refractivity contribution is 0.162. The molecule has 2 heterocycles. The Hall–Kier alpha value is -1.52. The van der Waals surface area contributed by atoms with Gasteiger partial charge in [0.2, 0.25) is 0 Å². The molecule has 1 N–H and O–H groups in total. The van der Waals surface area contributed by atoms with E-state index in [9.17, 15) is 4.79 Å². The summed E-state index contributed by atoms with van der Waals surface area (Å²) in [5.74, 6) is 1.39. The molecule has 5 heteroatoms. The zero-order chi connectivity index (χ0) is 13.2. The van der Waals surface area contributed by atoms with E-state index in [1.807, 2.05) is 12.1 Å². The van der Waals surface area contributed by atoms with Crippen LogP contribution >= 0.6 is 12.4 Å². The van der Waals surface area contributed by atoms with Gasteiger partial charge in [-0.3, -0.25) is 4.79 Å². The van der Waals surface area contributed by atoms with Crippen LogP contribution < -0.4 is 15.5 Å². The fourth-order valence-corrected chi connectivity index (χ4v) is 2.43. The van der Waals surface area contributed by atoms with Crippen molar-refractivity contribution in [3.8, 4) is 5.75 Å². The van der Waals surface area contributed by atoms with Gasteiger partial charge in [0.1, 0.15) is 23.2 Å². The summed E-state index contributed by atoms with van der Waals surface area (Å²) in [7, 11) is 0. The minimum atomic E-state index is -0.00725. The molecule has 1 aliphatic rings. The molecule has 2 aromatic rings. The van der Waals surface area contributed by atoms with Gasteiger partial charge in [-0.1, -0.05) is 0 Å². The number of piperidine rings is 1. The number of benzene rings is 1. The lowest BCUT2D eigenvalue weighted by Crippen LogP contribution is -2.34. The second kappa shape index (κ2) is 6.29. The molecule has 108 valence electrons. The maximum atomic E-state index is 11.8. The first-order chi connectivity index (χ1) is 9.22. The van der Waals surface area contributed by atoms with Gasteiger partial charge >= 0.3 is 0 Å². The quantitative estimate of drug-likeness (QED) is 0.925. The molecule has 0 bridgehead atoms. The molecule has 3 rings (SSSR count). The third kappa shape index (κ3) is 3.14. The maximum absolute atomic E-state index is 11.8. The molecule has 20 heavy (non-hydrogen) atoms. The lowest BCUT2D eigenvalue weighted by Gasteiger charge is -2.23. The Labute approximate surface area is 123 Å². The molecule has 0 aliphatic carbocycles. The Kier molecular flexibility index (Phi) is 4.68. The van der Waals surface area contributed by atoms with Gasteiger partial charge in [0, 0.05) is 12.1 Å². The van der Waals surface area contributed by atoms with Crippen molar-refractivity contribution in [1.82, 2.24) is 5.32 Å². The Bertz CT molecular complexity index is 647. The number of aryl methyl sites for hydroxylation is 1. The van der Waals surface area contributed by atoms with Gasteiger partial charge in [0.25, 0.3) is 0 Å². The van der Waals surface area contributed by atoms with Crippen LogP contribution in [-0.4, -0.2) is 19.2 Å². The second-order valence-corrected chi connectivity index (χ2v) is 4.95. The van der Waals surface area contributed by atoms with Gasteiger partial charge in [-0.15, -0.1) is 12.4 Å². The summed E-state index contributed by atoms with van der Waals surface area (Å²) < 4.78 is 11.5. The molecule has 0 unspecified atom stereocenters. The maximum Gasteiger partial charge on any atom is 0.192 e. The van der Waals surface area contributed by atoms with Crippen molar-refractivity contribution in [2.24, 2.45) is 0 Å². The van der Waals surface area contributed by atoms with Crippen molar-refractivity contribution in [3.05, 3.63) is 40.2 Å². The van der Waals surface area contributed by atoms with Crippen LogP contribution in [-0.2, 0) is 0 Å². The topological polar surface area (TPSA) is 51.5 Å². The molecule has 1 aromatic heterocycles. The molecule has 0 saturated carbocycles. The van der Waals surface area contributed by atoms with Crippen LogP contribution in [0.1, 0.15) is 18.6 Å². The molecule has 0 amide bonds. The van der Waals surface area contributed by atoms with Gasteiger partial charge in [-0.05, 0) is 45.0 Å². The van der Waals surface area contributed by atoms with Crippen LogP contribution in [0.3, 0.4) is 0 Å². The average Bonchev–Trinajstić information content (AvgIpc) is 2.39. The van der Waals surface area contributed by atoms with Crippen molar-refractivity contribution in [3.63, 3.8) is 0 Å². The van der Waals surface area contributed by atoms with E-state index in [2.05, 4.69) is 5.32 Å². The summed E-state index contributed by atoms with van der Waals surface area (Å²) in [6, 6.07) is 6.94. The number of hydrogen-bond acceptors (Lipinski definition) is 4. The third-order valence-electron chi connectivity index (χ3n) is 3.41. The van der Waals surface area contributed by atoms with E-state index < -0.39 is 0 Å². The standard InChI is InChI=1S/C15H17NO3.ClH/c1-10-8-14(17)13-3-2-12(9-15(13)18-10)19-11-4-6-16-7-5-11;/h2-3,8-9,11,16H,4-7H2,1H3;1H. The number of ether oxygens (including phenoxy) is 1. The Morgan fingerprint density at radius 1 is 1.25 bits per heavy atom. The van der Waals surface area contributed by atoms with E-state index in [0.29, 0.717) is 16.7 Å². The number of nitrogens with one attached hydrogen (secondary N) is 1. The van der Waals surface area contributed by atoms with E-state index in [1.54, 1.807) is 13.0 Å². The van der Waals surface area contributed by atoms with Crippen LogP contribution in [0.15, 0.2) is 33.5 Å². The fraction of sp³-hybridized carbons (Fsp3) is 0.400. The van der Waals surface area contributed by atoms with Gasteiger partial charge in [0.15, 0.2) is 5.43 Å². The van der Waals surface area contributed by atoms with E-state index >= 15 is 0 Å². The highest BCUT2D eigenvalue weighted by molar-refractivity contribution is 5.85. The molecular weight excluding hydrogens is 278 g/mol. The minimum absolute atomic E-state index is 0. The van der Waals surface area contributed by atoms with Crippen LogP contribution in [0.2, 0.25) is 0 Å². The fourth-order valence-electron chi connectivity index (χ4n) is 2.43. The molecule has 1 aliphatic heterocycles. The predicted molar refractivity (Wildman–Crippen MR) is 81.0 cm³/mol. The molecule has 1 saturated heterocycles. The van der Waals surface area contributed by atoms with Gasteiger partial charge < -0.3 is 14.5 Å². The highest BCUT2D eigenvalue weighted by atomic mass is 35.5. The van der Waals surface area contributed by atoms with Crippen molar-refractivity contribution >= 4 is 23.4 Å². The average molecular weight is 296 g/mol. The molecule has 0 atom stereocenters. The highest BCUT2D eigenvalue weighted by Crippen LogP contribution is 2.22.